The maximum Gasteiger partial charge on any atom is 0.271 e. The molecule has 0 bridgehead atoms. The minimum absolute atomic E-state index is 0.188. The molecule has 1 aromatic carbocycles. The first-order valence-electron chi connectivity index (χ1n) is 7.21. The number of likely N-dealkylation sites (N-methyl/N-ethyl adjacent to an activating group) is 1. The number of aromatic nitrogens is 2. The van der Waals surface area contributed by atoms with Crippen LogP contribution in [0.4, 0.5) is 0 Å². The highest BCUT2D eigenvalue weighted by Gasteiger charge is 2.13. The van der Waals surface area contributed by atoms with Crippen LogP contribution in [0.2, 0.25) is 0 Å². The molecular weight excluding hydrogens is 280 g/mol. The Morgan fingerprint density at radius 3 is 2.86 bits per heavy atom. The quantitative estimate of drug-likeness (QED) is 0.849. The fourth-order valence-corrected chi connectivity index (χ4v) is 2.00. The molecule has 1 aromatic heterocycles. The predicted octanol–water partition coefficient (Wildman–Crippen LogP) is 1.53. The summed E-state index contributed by atoms with van der Waals surface area (Å²) in [6.45, 7) is 4.55. The molecule has 0 saturated carbocycles. The number of methoxy groups -OCH3 is 1. The second-order valence-electron chi connectivity index (χ2n) is 5.22. The molecule has 6 nitrogen and oxygen atoms in total. The van der Waals surface area contributed by atoms with E-state index in [1.165, 1.54) is 0 Å². The van der Waals surface area contributed by atoms with E-state index in [0.29, 0.717) is 18.0 Å². The lowest BCUT2D eigenvalue weighted by atomic mass is 10.2. The average Bonchev–Trinajstić information content (AvgIpc) is 3.02. The third-order valence-electron chi connectivity index (χ3n) is 3.46. The Hall–Kier alpha value is -2.34. The van der Waals surface area contributed by atoms with Gasteiger partial charge in [-0.2, -0.15) is 5.10 Å². The Bertz CT molecular complexity index is 651. The summed E-state index contributed by atoms with van der Waals surface area (Å²) < 4.78 is 7.00. The van der Waals surface area contributed by atoms with Crippen LogP contribution in [-0.2, 0) is 0 Å². The summed E-state index contributed by atoms with van der Waals surface area (Å²) in [6, 6.07) is 7.74. The molecular formula is C16H22N4O2. The third kappa shape index (κ3) is 3.65. The van der Waals surface area contributed by atoms with Crippen molar-refractivity contribution in [3.8, 4) is 11.4 Å². The fourth-order valence-electron chi connectivity index (χ4n) is 2.00. The van der Waals surface area contributed by atoms with Crippen molar-refractivity contribution < 1.29 is 9.53 Å². The number of benzene rings is 1. The molecule has 1 unspecified atom stereocenters. The summed E-state index contributed by atoms with van der Waals surface area (Å²) in [5.41, 5.74) is 2.29. The van der Waals surface area contributed by atoms with Crippen molar-refractivity contribution in [1.29, 1.82) is 0 Å². The summed E-state index contributed by atoms with van der Waals surface area (Å²) in [5.74, 6) is 0.525. The van der Waals surface area contributed by atoms with Crippen molar-refractivity contribution >= 4 is 5.91 Å². The van der Waals surface area contributed by atoms with E-state index in [4.69, 9.17) is 4.74 Å². The van der Waals surface area contributed by atoms with E-state index < -0.39 is 0 Å². The van der Waals surface area contributed by atoms with Crippen molar-refractivity contribution in [3.05, 3.63) is 41.7 Å². The van der Waals surface area contributed by atoms with Crippen LogP contribution >= 0.6 is 0 Å². The highest BCUT2D eigenvalue weighted by atomic mass is 16.5. The smallest absolute Gasteiger partial charge is 0.271 e. The number of amides is 1. The van der Waals surface area contributed by atoms with E-state index >= 15 is 0 Å². The highest BCUT2D eigenvalue weighted by Crippen LogP contribution is 2.23. The van der Waals surface area contributed by atoms with Gasteiger partial charge in [-0.3, -0.25) is 4.79 Å². The minimum Gasteiger partial charge on any atom is -0.494 e. The summed E-state index contributed by atoms with van der Waals surface area (Å²) in [6.07, 6.45) is 1.76. The lowest BCUT2D eigenvalue weighted by Gasteiger charge is -2.10. The normalized spacial score (nSPS) is 12.0. The number of aryl methyl sites for hydroxylation is 1. The summed E-state index contributed by atoms with van der Waals surface area (Å²) >= 11 is 0. The van der Waals surface area contributed by atoms with Gasteiger partial charge in [0.05, 0.1) is 7.11 Å². The molecule has 2 rings (SSSR count). The van der Waals surface area contributed by atoms with E-state index in [1.54, 1.807) is 24.1 Å². The lowest BCUT2D eigenvalue weighted by Crippen LogP contribution is -2.37. The summed E-state index contributed by atoms with van der Waals surface area (Å²) in [7, 11) is 3.47. The van der Waals surface area contributed by atoms with Gasteiger partial charge in [0.2, 0.25) is 0 Å². The van der Waals surface area contributed by atoms with Crippen molar-refractivity contribution in [3.63, 3.8) is 0 Å². The number of rotatable bonds is 6. The first-order valence-corrected chi connectivity index (χ1v) is 7.21. The van der Waals surface area contributed by atoms with Gasteiger partial charge in [0.25, 0.3) is 5.91 Å². The molecule has 1 heterocycles. The van der Waals surface area contributed by atoms with Gasteiger partial charge in [-0.05, 0) is 44.7 Å². The monoisotopic (exact) mass is 302 g/mol. The number of nitrogens with one attached hydrogen (secondary N) is 2. The Balaban J connectivity index is 2.18. The molecule has 0 aliphatic heterocycles. The number of carbonyl (C=O) groups is 1. The fraction of sp³-hybridized carbons (Fsp3) is 0.375. The van der Waals surface area contributed by atoms with E-state index in [-0.39, 0.29) is 11.9 Å². The molecule has 0 radical (unpaired) electrons. The van der Waals surface area contributed by atoms with Crippen LogP contribution in [-0.4, -0.2) is 42.4 Å². The lowest BCUT2D eigenvalue weighted by molar-refractivity contribution is 0.0945. The molecule has 2 N–H and O–H groups in total. The SMILES string of the molecule is CNC(C)CNC(=O)c1ccn(-c2cc(C)ccc2OC)n1. The van der Waals surface area contributed by atoms with Crippen LogP contribution < -0.4 is 15.4 Å². The minimum atomic E-state index is -0.188. The molecule has 118 valence electrons. The van der Waals surface area contributed by atoms with Crippen molar-refractivity contribution in [2.24, 2.45) is 0 Å². The predicted molar refractivity (Wildman–Crippen MR) is 85.7 cm³/mol. The molecule has 0 fully saturated rings. The number of hydrogen-bond acceptors (Lipinski definition) is 4. The zero-order valence-electron chi connectivity index (χ0n) is 13.4. The van der Waals surface area contributed by atoms with Crippen LogP contribution in [0.1, 0.15) is 23.0 Å². The third-order valence-corrected chi connectivity index (χ3v) is 3.46. The standard InChI is InChI=1S/C16H22N4O2/c1-11-5-6-15(22-4)14(9-11)20-8-7-13(19-20)16(21)18-10-12(2)17-3/h5-9,12,17H,10H2,1-4H3,(H,18,21). The number of ether oxygens (including phenoxy) is 1. The molecule has 22 heavy (non-hydrogen) atoms. The van der Waals surface area contributed by atoms with Crippen LogP contribution in [0.25, 0.3) is 5.69 Å². The molecule has 1 atom stereocenters. The summed E-state index contributed by atoms with van der Waals surface area (Å²) in [5, 5.41) is 10.3. The number of carbonyl (C=O) groups excluding carboxylic acids is 1. The van der Waals surface area contributed by atoms with Crippen molar-refractivity contribution in [2.75, 3.05) is 20.7 Å². The van der Waals surface area contributed by atoms with Gasteiger partial charge in [0, 0.05) is 18.8 Å². The zero-order chi connectivity index (χ0) is 16.1. The van der Waals surface area contributed by atoms with Gasteiger partial charge >= 0.3 is 0 Å². The molecule has 2 aromatic rings. The Morgan fingerprint density at radius 2 is 2.18 bits per heavy atom. The van der Waals surface area contributed by atoms with Crippen LogP contribution in [0, 0.1) is 6.92 Å². The van der Waals surface area contributed by atoms with Crippen LogP contribution in [0.3, 0.4) is 0 Å². The topological polar surface area (TPSA) is 68.2 Å². The first kappa shape index (κ1) is 16.0. The van der Waals surface area contributed by atoms with Gasteiger partial charge < -0.3 is 15.4 Å². The molecule has 0 aliphatic rings. The van der Waals surface area contributed by atoms with E-state index in [2.05, 4.69) is 15.7 Å². The first-order chi connectivity index (χ1) is 10.5. The van der Waals surface area contributed by atoms with E-state index in [0.717, 1.165) is 11.3 Å². The second-order valence-corrected chi connectivity index (χ2v) is 5.22. The number of nitrogens with zero attached hydrogens (tertiary/aromatic N) is 2. The van der Waals surface area contributed by atoms with Crippen molar-refractivity contribution in [2.45, 2.75) is 19.9 Å². The van der Waals surface area contributed by atoms with E-state index in [1.807, 2.05) is 39.1 Å². The van der Waals surface area contributed by atoms with Crippen LogP contribution in [0.5, 0.6) is 5.75 Å². The maximum atomic E-state index is 12.1. The van der Waals surface area contributed by atoms with Crippen molar-refractivity contribution in [1.82, 2.24) is 20.4 Å². The maximum absolute atomic E-state index is 12.1. The largest absolute Gasteiger partial charge is 0.494 e. The molecule has 0 aliphatic carbocycles. The number of hydrogen-bond donors (Lipinski definition) is 2. The van der Waals surface area contributed by atoms with Gasteiger partial charge in [-0.1, -0.05) is 6.07 Å². The Kier molecular flexibility index (Phi) is 5.16. The zero-order valence-corrected chi connectivity index (χ0v) is 13.4. The van der Waals surface area contributed by atoms with Gasteiger partial charge in [0.15, 0.2) is 5.69 Å². The average molecular weight is 302 g/mol. The van der Waals surface area contributed by atoms with Gasteiger partial charge in [-0.25, -0.2) is 4.68 Å². The highest BCUT2D eigenvalue weighted by molar-refractivity contribution is 5.92. The van der Waals surface area contributed by atoms with Crippen LogP contribution in [0.15, 0.2) is 30.5 Å². The Morgan fingerprint density at radius 1 is 1.41 bits per heavy atom. The molecule has 0 spiro atoms. The molecule has 6 heteroatoms. The Labute approximate surface area is 130 Å². The molecule has 1 amide bonds. The summed E-state index contributed by atoms with van der Waals surface area (Å²) in [4.78, 5) is 12.1. The van der Waals surface area contributed by atoms with Gasteiger partial charge in [-0.15, -0.1) is 0 Å². The van der Waals surface area contributed by atoms with Gasteiger partial charge in [0.1, 0.15) is 11.4 Å². The second kappa shape index (κ2) is 7.09. The molecule has 0 saturated heterocycles. The van der Waals surface area contributed by atoms with E-state index in [9.17, 15) is 4.79 Å².